The van der Waals surface area contributed by atoms with Gasteiger partial charge in [0.05, 0.1) is 12.2 Å². The number of rotatable bonds is 7. The third-order valence-electron chi connectivity index (χ3n) is 4.58. The van der Waals surface area contributed by atoms with E-state index in [1.165, 1.54) is 0 Å². The summed E-state index contributed by atoms with van der Waals surface area (Å²) in [6.45, 7) is 2.65. The average Bonchev–Trinajstić information content (AvgIpc) is 2.75. The van der Waals surface area contributed by atoms with Crippen LogP contribution in [-0.4, -0.2) is 36.8 Å². The van der Waals surface area contributed by atoms with Crippen molar-refractivity contribution in [1.82, 2.24) is 5.32 Å². The van der Waals surface area contributed by atoms with Crippen molar-refractivity contribution in [2.75, 3.05) is 18.0 Å². The first kappa shape index (κ1) is 19.6. The quantitative estimate of drug-likeness (QED) is 0.750. The fraction of sp³-hybridized carbons (Fsp3) is 0.318. The van der Waals surface area contributed by atoms with E-state index >= 15 is 0 Å². The molecule has 0 radical (unpaired) electrons. The second-order valence-corrected chi connectivity index (χ2v) is 6.66. The number of ether oxygens (including phenoxy) is 1. The highest BCUT2D eigenvalue weighted by molar-refractivity contribution is 6.02. The zero-order valence-corrected chi connectivity index (χ0v) is 15.9. The van der Waals surface area contributed by atoms with Crippen molar-refractivity contribution in [3.05, 3.63) is 60.2 Å². The van der Waals surface area contributed by atoms with Gasteiger partial charge in [0.25, 0.3) is 5.91 Å². The molecule has 0 aromatic heterocycles. The highest BCUT2D eigenvalue weighted by Crippen LogP contribution is 2.33. The molecule has 0 fully saturated rings. The van der Waals surface area contributed by atoms with Crippen LogP contribution in [0.25, 0.3) is 0 Å². The lowest BCUT2D eigenvalue weighted by atomic mass is 10.1. The summed E-state index contributed by atoms with van der Waals surface area (Å²) in [4.78, 5) is 39.1. The van der Waals surface area contributed by atoms with E-state index in [-0.39, 0.29) is 37.0 Å². The molecule has 6 heteroatoms. The summed E-state index contributed by atoms with van der Waals surface area (Å²) in [5.41, 5.74) is 1.22. The maximum absolute atomic E-state index is 12.9. The number of benzene rings is 2. The van der Waals surface area contributed by atoms with E-state index in [2.05, 4.69) is 5.32 Å². The third kappa shape index (κ3) is 4.57. The first-order valence-corrected chi connectivity index (χ1v) is 9.52. The molecule has 1 N–H and O–H groups in total. The van der Waals surface area contributed by atoms with Crippen molar-refractivity contribution < 1.29 is 19.1 Å². The van der Waals surface area contributed by atoms with Crippen LogP contribution < -0.4 is 15.0 Å². The lowest BCUT2D eigenvalue weighted by Gasteiger charge is -2.34. The molecule has 28 heavy (non-hydrogen) atoms. The Bertz CT molecular complexity index is 851. The Hall–Kier alpha value is -3.15. The lowest BCUT2D eigenvalue weighted by Crippen LogP contribution is -2.50. The van der Waals surface area contributed by atoms with E-state index in [0.717, 1.165) is 6.42 Å². The average molecular weight is 380 g/mol. The van der Waals surface area contributed by atoms with Gasteiger partial charge < -0.3 is 15.0 Å². The lowest BCUT2D eigenvalue weighted by molar-refractivity contribution is -0.128. The topological polar surface area (TPSA) is 75.7 Å². The van der Waals surface area contributed by atoms with Crippen LogP contribution in [0.3, 0.4) is 0 Å². The molecular weight excluding hydrogens is 356 g/mol. The summed E-state index contributed by atoms with van der Waals surface area (Å²) < 4.78 is 5.79. The number of hydrogen-bond acceptors (Lipinski definition) is 4. The predicted octanol–water partition coefficient (Wildman–Crippen LogP) is 2.97. The van der Waals surface area contributed by atoms with E-state index in [9.17, 15) is 14.4 Å². The van der Waals surface area contributed by atoms with Crippen molar-refractivity contribution in [1.29, 1.82) is 0 Å². The molecule has 1 atom stereocenters. The van der Waals surface area contributed by atoms with Gasteiger partial charge in [-0.1, -0.05) is 49.4 Å². The van der Waals surface area contributed by atoms with E-state index < -0.39 is 6.10 Å². The molecule has 146 valence electrons. The molecule has 1 aliphatic heterocycles. The number of nitrogens with zero attached hydrogens (tertiary/aromatic N) is 1. The van der Waals surface area contributed by atoms with Crippen LogP contribution in [0.1, 0.15) is 36.5 Å². The molecule has 2 amide bonds. The third-order valence-corrected chi connectivity index (χ3v) is 4.58. The second kappa shape index (κ2) is 9.17. The Morgan fingerprint density at radius 3 is 2.50 bits per heavy atom. The maximum Gasteiger partial charge on any atom is 0.262 e. The molecule has 1 aliphatic rings. The van der Waals surface area contributed by atoms with Crippen LogP contribution in [0.15, 0.2) is 54.6 Å². The van der Waals surface area contributed by atoms with Gasteiger partial charge in [0.1, 0.15) is 5.75 Å². The number of para-hydroxylation sites is 2. The minimum atomic E-state index is -0.768. The summed E-state index contributed by atoms with van der Waals surface area (Å²) in [5.74, 6) is -0.0243. The van der Waals surface area contributed by atoms with Crippen molar-refractivity contribution in [2.45, 2.75) is 32.3 Å². The second-order valence-electron chi connectivity index (χ2n) is 6.66. The summed E-state index contributed by atoms with van der Waals surface area (Å²) in [6.07, 6.45) is 0.245. The smallest absolute Gasteiger partial charge is 0.262 e. The van der Waals surface area contributed by atoms with E-state index in [0.29, 0.717) is 23.5 Å². The molecule has 0 saturated carbocycles. The Morgan fingerprint density at radius 1 is 1.04 bits per heavy atom. The molecule has 2 aromatic rings. The van der Waals surface area contributed by atoms with Gasteiger partial charge in [-0.25, -0.2) is 0 Å². The molecule has 0 bridgehead atoms. The molecule has 1 heterocycles. The number of fused-ring (bicyclic) bond motifs is 1. The van der Waals surface area contributed by atoms with Gasteiger partial charge in [0, 0.05) is 24.9 Å². The molecule has 0 saturated heterocycles. The summed E-state index contributed by atoms with van der Waals surface area (Å²) in [7, 11) is 0. The summed E-state index contributed by atoms with van der Waals surface area (Å²) >= 11 is 0. The van der Waals surface area contributed by atoms with E-state index in [1.807, 2.05) is 19.1 Å². The van der Waals surface area contributed by atoms with Crippen LogP contribution in [0, 0.1) is 0 Å². The number of ketones is 1. The zero-order chi connectivity index (χ0) is 19.9. The normalized spacial score (nSPS) is 15.3. The van der Waals surface area contributed by atoms with E-state index in [1.54, 1.807) is 47.4 Å². The zero-order valence-electron chi connectivity index (χ0n) is 15.9. The van der Waals surface area contributed by atoms with Gasteiger partial charge in [-0.3, -0.25) is 14.4 Å². The number of nitrogens with one attached hydrogen (secondary N) is 1. The van der Waals surface area contributed by atoms with Crippen LogP contribution >= 0.6 is 0 Å². The van der Waals surface area contributed by atoms with E-state index in [4.69, 9.17) is 4.74 Å². The van der Waals surface area contributed by atoms with Crippen molar-refractivity contribution in [3.8, 4) is 5.75 Å². The minimum Gasteiger partial charge on any atom is -0.477 e. The highest BCUT2D eigenvalue weighted by Gasteiger charge is 2.33. The monoisotopic (exact) mass is 380 g/mol. The molecular formula is C22H24N2O4. The number of carbonyl (C=O) groups is 3. The summed E-state index contributed by atoms with van der Waals surface area (Å²) in [5, 5.41) is 2.81. The number of Topliss-reactive ketones (excluding diaryl/α,β-unsaturated/α-hetero) is 1. The van der Waals surface area contributed by atoms with Crippen molar-refractivity contribution in [3.63, 3.8) is 0 Å². The van der Waals surface area contributed by atoms with Crippen LogP contribution in [0.2, 0.25) is 0 Å². The fourth-order valence-electron chi connectivity index (χ4n) is 3.09. The van der Waals surface area contributed by atoms with Crippen molar-refractivity contribution >= 4 is 23.3 Å². The van der Waals surface area contributed by atoms with Gasteiger partial charge >= 0.3 is 0 Å². The number of anilines is 1. The predicted molar refractivity (Wildman–Crippen MR) is 107 cm³/mol. The Kier molecular flexibility index (Phi) is 6.42. The number of amides is 2. The number of carbonyl (C=O) groups excluding carboxylic acids is 3. The first-order valence-electron chi connectivity index (χ1n) is 9.52. The SMILES string of the molecule is CCCNC(=O)[C@H]1CN(C(=O)CCC(=O)c2ccccc2)c2ccccc2O1. The summed E-state index contributed by atoms with van der Waals surface area (Å²) in [6, 6.07) is 16.1. The first-order chi connectivity index (χ1) is 13.6. The molecule has 0 unspecified atom stereocenters. The van der Waals surface area contributed by atoms with Gasteiger partial charge in [-0.15, -0.1) is 0 Å². The maximum atomic E-state index is 12.9. The highest BCUT2D eigenvalue weighted by atomic mass is 16.5. The largest absolute Gasteiger partial charge is 0.477 e. The Balaban J connectivity index is 1.70. The number of hydrogen-bond donors (Lipinski definition) is 1. The Labute approximate surface area is 164 Å². The van der Waals surface area contributed by atoms with Gasteiger partial charge in [0.2, 0.25) is 5.91 Å². The Morgan fingerprint density at radius 2 is 1.75 bits per heavy atom. The minimum absolute atomic E-state index is 0.0748. The van der Waals surface area contributed by atoms with Crippen molar-refractivity contribution in [2.24, 2.45) is 0 Å². The molecule has 2 aromatic carbocycles. The molecule has 3 rings (SSSR count). The van der Waals surface area contributed by atoms with Crippen LogP contribution in [0.5, 0.6) is 5.75 Å². The molecule has 6 nitrogen and oxygen atoms in total. The standard InChI is InChI=1S/C22H24N2O4/c1-2-14-23-22(27)20-15-24(17-10-6-7-11-19(17)28-20)21(26)13-12-18(25)16-8-4-3-5-9-16/h3-11,20H,2,12-15H2,1H3,(H,23,27)/t20-/m1/s1. The molecule has 0 aliphatic carbocycles. The van der Waals surface area contributed by atoms with Crippen LogP contribution in [0.4, 0.5) is 5.69 Å². The van der Waals surface area contributed by atoms with Gasteiger partial charge in [-0.05, 0) is 18.6 Å². The van der Waals surface area contributed by atoms with Crippen LogP contribution in [-0.2, 0) is 9.59 Å². The van der Waals surface area contributed by atoms with Gasteiger partial charge in [-0.2, -0.15) is 0 Å². The van der Waals surface area contributed by atoms with Gasteiger partial charge in [0.15, 0.2) is 11.9 Å². The molecule has 0 spiro atoms. The fourth-order valence-corrected chi connectivity index (χ4v) is 3.09.